The maximum atomic E-state index is 9.08. The van der Waals surface area contributed by atoms with Crippen molar-refractivity contribution in [3.8, 4) is 0 Å². The van der Waals surface area contributed by atoms with Crippen LogP contribution >= 0.6 is 11.6 Å². The van der Waals surface area contributed by atoms with Gasteiger partial charge in [-0.2, -0.15) is 0 Å². The highest BCUT2D eigenvalue weighted by Crippen LogP contribution is 2.15. The van der Waals surface area contributed by atoms with E-state index in [1.54, 1.807) is 6.07 Å². The van der Waals surface area contributed by atoms with Gasteiger partial charge in [0.1, 0.15) is 0 Å². The zero-order valence-electron chi connectivity index (χ0n) is 9.94. The van der Waals surface area contributed by atoms with Gasteiger partial charge in [0.25, 0.3) is 0 Å². The maximum absolute atomic E-state index is 9.08. The number of aliphatic imine (C=N–C) groups is 1. The molecule has 1 aliphatic rings. The molecule has 1 heterocycles. The Balaban J connectivity index is 2.20. The third kappa shape index (κ3) is 3.32. The minimum atomic E-state index is -0.0860. The lowest BCUT2D eigenvalue weighted by atomic mass is 10.1. The number of nitrogens with zero attached hydrogens (tertiary/aromatic N) is 1. The van der Waals surface area contributed by atoms with Gasteiger partial charge >= 0.3 is 0 Å². The molecule has 1 atom stereocenters. The number of benzene rings is 1. The average molecular weight is 266 g/mol. The Morgan fingerprint density at radius 1 is 1.61 bits per heavy atom. The average Bonchev–Trinajstić information content (AvgIpc) is 2.39. The SMILES string of the molecule is NC(=CC1=NC(CO)CNC1)c1cccc(Cl)c1. The molecule has 5 heteroatoms. The van der Waals surface area contributed by atoms with Crippen molar-refractivity contribution in [2.24, 2.45) is 10.7 Å². The molecule has 1 aromatic carbocycles. The fourth-order valence-corrected chi connectivity index (χ4v) is 2.01. The van der Waals surface area contributed by atoms with Crippen molar-refractivity contribution in [3.63, 3.8) is 0 Å². The molecule has 0 saturated heterocycles. The van der Waals surface area contributed by atoms with E-state index < -0.39 is 0 Å². The number of aliphatic hydroxyl groups excluding tert-OH is 1. The molecule has 0 aliphatic carbocycles. The van der Waals surface area contributed by atoms with Gasteiger partial charge in [0.2, 0.25) is 0 Å². The zero-order valence-corrected chi connectivity index (χ0v) is 10.7. The van der Waals surface area contributed by atoms with Crippen molar-refractivity contribution in [3.05, 3.63) is 40.9 Å². The fourth-order valence-electron chi connectivity index (χ4n) is 1.82. The van der Waals surface area contributed by atoms with Crippen LogP contribution in [0, 0.1) is 0 Å². The highest BCUT2D eigenvalue weighted by Gasteiger charge is 2.12. The molecule has 1 aliphatic heterocycles. The number of hydrogen-bond donors (Lipinski definition) is 3. The summed E-state index contributed by atoms with van der Waals surface area (Å²) >= 11 is 5.92. The van der Waals surface area contributed by atoms with Crippen molar-refractivity contribution < 1.29 is 5.11 Å². The van der Waals surface area contributed by atoms with Gasteiger partial charge in [-0.15, -0.1) is 0 Å². The summed E-state index contributed by atoms with van der Waals surface area (Å²) in [6, 6.07) is 7.29. The van der Waals surface area contributed by atoms with Gasteiger partial charge < -0.3 is 16.2 Å². The van der Waals surface area contributed by atoms with Gasteiger partial charge in [-0.3, -0.25) is 4.99 Å². The van der Waals surface area contributed by atoms with Crippen LogP contribution in [0.15, 0.2) is 35.3 Å². The predicted octanol–water partition coefficient (Wildman–Crippen LogP) is 1.04. The second-order valence-corrected chi connectivity index (χ2v) is 4.63. The molecule has 4 N–H and O–H groups in total. The molecular formula is C13H16ClN3O. The molecule has 0 bridgehead atoms. The lowest BCUT2D eigenvalue weighted by Crippen LogP contribution is -2.38. The number of aliphatic hydroxyl groups is 1. The van der Waals surface area contributed by atoms with E-state index >= 15 is 0 Å². The van der Waals surface area contributed by atoms with Gasteiger partial charge in [0, 0.05) is 23.8 Å². The molecule has 4 nitrogen and oxygen atoms in total. The molecular weight excluding hydrogens is 250 g/mol. The predicted molar refractivity (Wildman–Crippen MR) is 74.8 cm³/mol. The first kappa shape index (κ1) is 13.1. The molecule has 0 saturated carbocycles. The van der Waals surface area contributed by atoms with E-state index in [1.807, 2.05) is 24.3 Å². The summed E-state index contributed by atoms with van der Waals surface area (Å²) < 4.78 is 0. The first-order valence-electron chi connectivity index (χ1n) is 5.80. The van der Waals surface area contributed by atoms with Crippen LogP contribution in [0.1, 0.15) is 5.56 Å². The fraction of sp³-hybridized carbons (Fsp3) is 0.308. The summed E-state index contributed by atoms with van der Waals surface area (Å²) in [7, 11) is 0. The Labute approximate surface area is 111 Å². The normalized spacial score (nSPS) is 20.7. The number of hydrogen-bond acceptors (Lipinski definition) is 4. The van der Waals surface area contributed by atoms with Crippen molar-refractivity contribution in [2.45, 2.75) is 6.04 Å². The van der Waals surface area contributed by atoms with Gasteiger partial charge in [-0.05, 0) is 23.8 Å². The third-order valence-electron chi connectivity index (χ3n) is 2.73. The summed E-state index contributed by atoms with van der Waals surface area (Å²) in [6.07, 6.45) is 1.82. The first-order chi connectivity index (χ1) is 8.69. The molecule has 0 aromatic heterocycles. The van der Waals surface area contributed by atoms with Crippen molar-refractivity contribution in [2.75, 3.05) is 19.7 Å². The highest BCUT2D eigenvalue weighted by molar-refractivity contribution is 6.30. The molecule has 0 spiro atoms. The van der Waals surface area contributed by atoms with Crippen LogP contribution in [0.4, 0.5) is 0 Å². The number of nitrogens with two attached hydrogens (primary N) is 1. The van der Waals surface area contributed by atoms with Gasteiger partial charge in [-0.25, -0.2) is 0 Å². The smallest absolute Gasteiger partial charge is 0.0858 e. The van der Waals surface area contributed by atoms with E-state index in [2.05, 4.69) is 10.3 Å². The minimum Gasteiger partial charge on any atom is -0.398 e. The van der Waals surface area contributed by atoms with Crippen molar-refractivity contribution in [1.82, 2.24) is 5.32 Å². The third-order valence-corrected chi connectivity index (χ3v) is 2.96. The first-order valence-corrected chi connectivity index (χ1v) is 6.18. The summed E-state index contributed by atoms with van der Waals surface area (Å²) in [5.41, 5.74) is 8.35. The highest BCUT2D eigenvalue weighted by atomic mass is 35.5. The standard InChI is InChI=1S/C13H16ClN3O/c14-10-3-1-2-9(4-10)13(15)5-11-6-16-7-12(8-18)17-11/h1-5,12,16,18H,6-8,15H2. The van der Waals surface area contributed by atoms with Gasteiger partial charge in [0.05, 0.1) is 18.4 Å². The van der Waals surface area contributed by atoms with Crippen LogP contribution in [0.25, 0.3) is 5.70 Å². The van der Waals surface area contributed by atoms with Crippen LogP contribution in [0.3, 0.4) is 0 Å². The summed E-state index contributed by atoms with van der Waals surface area (Å²) in [4.78, 5) is 4.40. The summed E-state index contributed by atoms with van der Waals surface area (Å²) in [6.45, 7) is 1.41. The number of nitrogens with one attached hydrogen (secondary N) is 1. The Morgan fingerprint density at radius 3 is 3.17 bits per heavy atom. The van der Waals surface area contributed by atoms with E-state index in [0.29, 0.717) is 23.8 Å². The molecule has 0 fully saturated rings. The van der Waals surface area contributed by atoms with Crippen molar-refractivity contribution in [1.29, 1.82) is 0 Å². The molecule has 0 radical (unpaired) electrons. The maximum Gasteiger partial charge on any atom is 0.0858 e. The van der Waals surface area contributed by atoms with E-state index in [4.69, 9.17) is 22.4 Å². The van der Waals surface area contributed by atoms with Crippen LogP contribution in [0.2, 0.25) is 5.02 Å². The lowest BCUT2D eigenvalue weighted by molar-refractivity contribution is 0.262. The summed E-state index contributed by atoms with van der Waals surface area (Å²) in [5.74, 6) is 0. The quantitative estimate of drug-likeness (QED) is 0.765. The Morgan fingerprint density at radius 2 is 2.44 bits per heavy atom. The number of halogens is 1. The van der Waals surface area contributed by atoms with E-state index in [-0.39, 0.29) is 12.6 Å². The van der Waals surface area contributed by atoms with Crippen LogP contribution in [-0.4, -0.2) is 36.6 Å². The second kappa shape index (κ2) is 6.00. The number of rotatable bonds is 3. The van der Waals surface area contributed by atoms with E-state index in [9.17, 15) is 0 Å². The van der Waals surface area contributed by atoms with Gasteiger partial charge in [-0.1, -0.05) is 23.7 Å². The van der Waals surface area contributed by atoms with Crippen LogP contribution in [0.5, 0.6) is 0 Å². The zero-order chi connectivity index (χ0) is 13.0. The largest absolute Gasteiger partial charge is 0.398 e. The Hall–Kier alpha value is -1.36. The topological polar surface area (TPSA) is 70.6 Å². The monoisotopic (exact) mass is 265 g/mol. The van der Waals surface area contributed by atoms with E-state index in [0.717, 1.165) is 11.3 Å². The van der Waals surface area contributed by atoms with Crippen molar-refractivity contribution >= 4 is 23.0 Å². The van der Waals surface area contributed by atoms with E-state index in [1.165, 1.54) is 0 Å². The van der Waals surface area contributed by atoms with Crippen LogP contribution < -0.4 is 11.1 Å². The Bertz CT molecular complexity index is 485. The molecule has 1 aromatic rings. The Kier molecular flexibility index (Phi) is 4.36. The minimum absolute atomic E-state index is 0.0431. The molecule has 18 heavy (non-hydrogen) atoms. The van der Waals surface area contributed by atoms with Gasteiger partial charge in [0.15, 0.2) is 0 Å². The molecule has 2 rings (SSSR count). The molecule has 0 amide bonds. The van der Waals surface area contributed by atoms with Crippen LogP contribution in [-0.2, 0) is 0 Å². The second-order valence-electron chi connectivity index (χ2n) is 4.20. The molecule has 1 unspecified atom stereocenters. The lowest BCUT2D eigenvalue weighted by Gasteiger charge is -2.18. The molecule has 96 valence electrons. The summed E-state index contributed by atoms with van der Waals surface area (Å²) in [5, 5.41) is 12.9.